The molecular formula is C34H41ClF3N9O4. The van der Waals surface area contributed by atoms with Gasteiger partial charge in [-0.05, 0) is 73.7 Å². The number of benzene rings is 2. The Balaban J connectivity index is 1.83. The van der Waals surface area contributed by atoms with Crippen LogP contribution in [0.1, 0.15) is 75.0 Å². The lowest BCUT2D eigenvalue weighted by Gasteiger charge is -2.32. The number of aromatic nitrogens is 2. The summed E-state index contributed by atoms with van der Waals surface area (Å²) in [6, 6.07) is 6.83. The molecule has 51 heavy (non-hydrogen) atoms. The number of rotatable bonds is 14. The highest BCUT2D eigenvalue weighted by atomic mass is 35.5. The quantitative estimate of drug-likeness (QED) is 0.0572. The number of alkyl halides is 2. The Labute approximate surface area is 298 Å². The number of nitrogens with two attached hydrogens (primary N) is 1. The van der Waals surface area contributed by atoms with Crippen molar-refractivity contribution >= 4 is 48.3 Å². The summed E-state index contributed by atoms with van der Waals surface area (Å²) in [6.45, 7) is 6.77. The Morgan fingerprint density at radius 1 is 1.24 bits per heavy atom. The van der Waals surface area contributed by atoms with Crippen molar-refractivity contribution in [3.63, 3.8) is 0 Å². The van der Waals surface area contributed by atoms with Crippen LogP contribution in [0, 0.1) is 11.2 Å². The SMILES string of the molecule is C=N/C=N\N(c1cc([C@@H](COC(=O)N[C@@H](C)O)N(C(=O)c2ccc(-c3cnn(C4CC4)c3)cc2F)C(N)=NCCC(C)(C)C)ccc1Cl)C(F)F. The van der Waals surface area contributed by atoms with Crippen LogP contribution in [0.2, 0.25) is 5.02 Å². The molecule has 4 rings (SSSR count). The Hall–Kier alpha value is -4.96. The number of aliphatic hydroxyl groups excluding tert-OH is 1. The van der Waals surface area contributed by atoms with Gasteiger partial charge in [-0.1, -0.05) is 44.5 Å². The van der Waals surface area contributed by atoms with Crippen LogP contribution in [0.4, 0.5) is 23.7 Å². The maximum absolute atomic E-state index is 15.9. The molecule has 2 atom stereocenters. The second-order valence-electron chi connectivity index (χ2n) is 13.0. The van der Waals surface area contributed by atoms with Crippen molar-refractivity contribution in [2.24, 2.45) is 26.2 Å². The number of aliphatic hydroxyl groups is 1. The van der Waals surface area contributed by atoms with E-state index in [2.05, 4.69) is 32.2 Å². The summed E-state index contributed by atoms with van der Waals surface area (Å²) in [4.78, 5) is 35.6. The Kier molecular flexibility index (Phi) is 12.8. The molecule has 13 nitrogen and oxygen atoms in total. The number of nitrogens with zero attached hydrogens (tertiary/aromatic N) is 7. The minimum atomic E-state index is -3.19. The number of nitrogens with one attached hydrogen (secondary N) is 1. The Bertz CT molecular complexity index is 1770. The zero-order valence-electron chi connectivity index (χ0n) is 28.6. The van der Waals surface area contributed by atoms with Gasteiger partial charge in [-0.3, -0.25) is 29.7 Å². The molecule has 1 fully saturated rings. The van der Waals surface area contributed by atoms with E-state index in [-0.39, 0.29) is 39.2 Å². The molecule has 0 unspecified atom stereocenters. The highest BCUT2D eigenvalue weighted by Crippen LogP contribution is 2.36. The van der Waals surface area contributed by atoms with Crippen LogP contribution in [0.15, 0.2) is 63.9 Å². The number of carbonyl (C=O) groups is 2. The molecule has 1 aliphatic carbocycles. The largest absolute Gasteiger partial charge is 0.447 e. The van der Waals surface area contributed by atoms with E-state index >= 15 is 4.39 Å². The second-order valence-corrected chi connectivity index (χ2v) is 13.4. The summed E-state index contributed by atoms with van der Waals surface area (Å²) in [5.41, 5.74) is 6.83. The third kappa shape index (κ3) is 10.5. The van der Waals surface area contributed by atoms with Crippen molar-refractivity contribution in [2.75, 3.05) is 18.2 Å². The van der Waals surface area contributed by atoms with Crippen molar-refractivity contribution < 1.29 is 32.6 Å². The molecule has 1 saturated carbocycles. The second kappa shape index (κ2) is 16.8. The van der Waals surface area contributed by atoms with E-state index in [0.29, 0.717) is 23.6 Å². The van der Waals surface area contributed by atoms with E-state index in [1.54, 1.807) is 12.3 Å². The van der Waals surface area contributed by atoms with Gasteiger partial charge in [0.15, 0.2) is 5.96 Å². The van der Waals surface area contributed by atoms with E-state index in [1.807, 2.05) is 31.6 Å². The first-order valence-corrected chi connectivity index (χ1v) is 16.4. The summed E-state index contributed by atoms with van der Waals surface area (Å²) in [6.07, 6.45) is 4.42. The predicted octanol–water partition coefficient (Wildman–Crippen LogP) is 6.35. The topological polar surface area (TPSA) is 163 Å². The van der Waals surface area contributed by atoms with Gasteiger partial charge in [0.05, 0.1) is 34.6 Å². The number of amides is 2. The van der Waals surface area contributed by atoms with Crippen LogP contribution < -0.4 is 16.1 Å². The first-order chi connectivity index (χ1) is 24.1. The van der Waals surface area contributed by atoms with Crippen LogP contribution in [0.3, 0.4) is 0 Å². The highest BCUT2D eigenvalue weighted by Gasteiger charge is 2.34. The van der Waals surface area contributed by atoms with Gasteiger partial charge in [0, 0.05) is 18.3 Å². The molecule has 2 amide bonds. The van der Waals surface area contributed by atoms with Gasteiger partial charge in [0.1, 0.15) is 25.0 Å². The van der Waals surface area contributed by atoms with Crippen LogP contribution >= 0.6 is 11.6 Å². The number of halogens is 4. The predicted molar refractivity (Wildman–Crippen MR) is 190 cm³/mol. The number of hydrazone groups is 1. The van der Waals surface area contributed by atoms with Crippen molar-refractivity contribution in [1.29, 1.82) is 0 Å². The lowest BCUT2D eigenvalue weighted by Crippen LogP contribution is -2.47. The first-order valence-electron chi connectivity index (χ1n) is 16.0. The molecule has 2 aromatic carbocycles. The number of ether oxygens (including phenoxy) is 1. The fraction of sp³-hybridized carbons (Fsp3) is 0.412. The van der Waals surface area contributed by atoms with Gasteiger partial charge in [-0.25, -0.2) is 14.2 Å². The average molecular weight is 732 g/mol. The fourth-order valence-electron chi connectivity index (χ4n) is 4.92. The lowest BCUT2D eigenvalue weighted by molar-refractivity contribution is 0.0656. The molecular weight excluding hydrogens is 691 g/mol. The van der Waals surface area contributed by atoms with Crippen LogP contribution in [-0.4, -0.2) is 76.7 Å². The molecule has 0 radical (unpaired) electrons. The highest BCUT2D eigenvalue weighted by molar-refractivity contribution is 6.33. The third-order valence-corrected chi connectivity index (χ3v) is 8.03. The van der Waals surface area contributed by atoms with Crippen LogP contribution in [-0.2, 0) is 4.74 Å². The zero-order chi connectivity index (χ0) is 37.5. The van der Waals surface area contributed by atoms with Crippen molar-refractivity contribution in [3.8, 4) is 11.1 Å². The molecule has 1 heterocycles. The van der Waals surface area contributed by atoms with Gasteiger partial charge in [0.25, 0.3) is 5.91 Å². The molecule has 0 saturated heterocycles. The number of hydrogen-bond acceptors (Lipinski definition) is 8. The number of anilines is 1. The van der Waals surface area contributed by atoms with Gasteiger partial charge in [-0.15, -0.1) is 0 Å². The normalized spacial score (nSPS) is 14.7. The Morgan fingerprint density at radius 2 is 1.96 bits per heavy atom. The Morgan fingerprint density at radius 3 is 2.57 bits per heavy atom. The maximum Gasteiger partial charge on any atom is 0.409 e. The summed E-state index contributed by atoms with van der Waals surface area (Å²) in [5.74, 6) is -2.22. The number of alkyl carbamates (subject to hydrolysis) is 1. The van der Waals surface area contributed by atoms with E-state index in [0.717, 1.165) is 24.1 Å². The summed E-state index contributed by atoms with van der Waals surface area (Å²) in [5, 5.41) is 19.9. The fourth-order valence-corrected chi connectivity index (χ4v) is 5.12. The van der Waals surface area contributed by atoms with Crippen LogP contribution in [0.25, 0.3) is 11.1 Å². The summed E-state index contributed by atoms with van der Waals surface area (Å²) < 4.78 is 51.4. The van der Waals surface area contributed by atoms with Crippen molar-refractivity contribution in [2.45, 2.75) is 71.8 Å². The molecule has 0 spiro atoms. The monoisotopic (exact) mass is 731 g/mol. The number of hydrogen-bond donors (Lipinski definition) is 3. The maximum atomic E-state index is 15.9. The molecule has 1 aromatic heterocycles. The molecule has 4 N–H and O–H groups in total. The average Bonchev–Trinajstić information content (AvgIpc) is 3.78. The van der Waals surface area contributed by atoms with Crippen molar-refractivity contribution in [1.82, 2.24) is 20.0 Å². The van der Waals surface area contributed by atoms with E-state index < -0.39 is 48.8 Å². The van der Waals surface area contributed by atoms with E-state index in [1.165, 1.54) is 37.3 Å². The van der Waals surface area contributed by atoms with Gasteiger partial charge >= 0.3 is 12.6 Å². The smallest absolute Gasteiger partial charge is 0.409 e. The molecule has 3 aromatic rings. The van der Waals surface area contributed by atoms with Crippen LogP contribution in [0.5, 0.6) is 0 Å². The first kappa shape index (κ1) is 38.8. The molecule has 274 valence electrons. The number of carbonyl (C=O) groups excluding carboxylic acids is 2. The van der Waals surface area contributed by atoms with Gasteiger partial charge in [-0.2, -0.15) is 19.0 Å². The zero-order valence-corrected chi connectivity index (χ0v) is 29.4. The van der Waals surface area contributed by atoms with E-state index in [9.17, 15) is 23.5 Å². The minimum absolute atomic E-state index is 0.0819. The lowest BCUT2D eigenvalue weighted by atomic mass is 9.92. The van der Waals surface area contributed by atoms with Crippen molar-refractivity contribution in [3.05, 3.63) is 70.8 Å². The summed E-state index contributed by atoms with van der Waals surface area (Å²) in [7, 11) is 0. The molecule has 1 aliphatic rings. The van der Waals surface area contributed by atoms with Gasteiger partial charge in [0.2, 0.25) is 0 Å². The summed E-state index contributed by atoms with van der Waals surface area (Å²) >= 11 is 6.32. The van der Waals surface area contributed by atoms with Gasteiger partial charge < -0.3 is 15.6 Å². The molecule has 17 heteroatoms. The number of guanidine groups is 1. The molecule has 0 aliphatic heterocycles. The van der Waals surface area contributed by atoms with E-state index in [4.69, 9.17) is 22.1 Å². The standard InChI is InChI=1S/C34H41ClF3N9O4/c1-20(48)44-33(50)51-18-29(22-7-11-26(35)28(15-22)47(31(37)38)43-19-40-5)46(32(39)41-13-12-34(2,3)4)30(49)25-10-6-21(14-27(25)36)23-16-42-45(17-23)24-8-9-24/h6-7,10-11,14-17,19-20,24,29,31,48H,5,8-9,12-13,18H2,1-4H3,(H2,39,41)(H,44,50)/b43-19-/t20-,29-/m1/s1. The number of aliphatic imine (C=N–C) groups is 2. The third-order valence-electron chi connectivity index (χ3n) is 7.71. The molecule has 0 bridgehead atoms. The minimum Gasteiger partial charge on any atom is -0.447 e.